The lowest BCUT2D eigenvalue weighted by Crippen LogP contribution is -2.61. The third-order valence-electron chi connectivity index (χ3n) is 10.9. The van der Waals surface area contributed by atoms with Crippen molar-refractivity contribution in [1.82, 2.24) is 15.1 Å². The molecule has 3 fully saturated rings. The Balaban J connectivity index is 1.71. The standard InChI is InChI=1S/C42H63N3O8/c1-9-11-21-32(47)43-30(27-51-8)35(29-19-15-14-16-20-29)52-39(50)33-31-22-23-42(53-31)34(33)37(48)44(25-17-12-13-18-26-46)36(42)38(49)45(24-10-2)41(6,7)28-40(3,4)5/h9-10,14-16,19-20,30-31,33-36,46H,1-2,11-13,17-18,21-28H2,3-8H3,(H,43,47)/t30-,31+,33-,34-,35-,36+,42-/m0/s1. The van der Waals surface area contributed by atoms with E-state index in [0.717, 1.165) is 12.8 Å². The van der Waals surface area contributed by atoms with Crippen LogP contribution in [0.5, 0.6) is 0 Å². The van der Waals surface area contributed by atoms with Crippen molar-refractivity contribution in [3.05, 3.63) is 61.2 Å². The van der Waals surface area contributed by atoms with Gasteiger partial charge in [0, 0.05) is 38.8 Å². The van der Waals surface area contributed by atoms with Crippen LogP contribution in [0.2, 0.25) is 0 Å². The van der Waals surface area contributed by atoms with E-state index in [2.05, 4.69) is 39.2 Å². The van der Waals surface area contributed by atoms with Crippen molar-refractivity contribution in [3.8, 4) is 0 Å². The highest BCUT2D eigenvalue weighted by molar-refractivity contribution is 5.98. The summed E-state index contributed by atoms with van der Waals surface area (Å²) in [4.78, 5) is 60.8. The number of rotatable bonds is 21. The minimum atomic E-state index is -1.20. The molecule has 11 nitrogen and oxygen atoms in total. The number of unbranched alkanes of at least 4 members (excludes halogenated alkanes) is 3. The number of likely N-dealkylation sites (tertiary alicyclic amines) is 1. The molecule has 3 aliphatic rings. The lowest BCUT2D eigenvalue weighted by Gasteiger charge is -2.45. The van der Waals surface area contributed by atoms with Gasteiger partial charge in [0.25, 0.3) is 0 Å². The van der Waals surface area contributed by atoms with Crippen molar-refractivity contribution < 1.29 is 38.5 Å². The van der Waals surface area contributed by atoms with Crippen LogP contribution in [0.3, 0.4) is 0 Å². The number of hydrogen-bond acceptors (Lipinski definition) is 8. The van der Waals surface area contributed by atoms with Crippen molar-refractivity contribution in [2.75, 3.05) is 33.4 Å². The molecule has 0 saturated carbocycles. The number of esters is 1. The zero-order valence-corrected chi connectivity index (χ0v) is 32.8. The van der Waals surface area contributed by atoms with E-state index in [-0.39, 0.29) is 42.8 Å². The van der Waals surface area contributed by atoms with Gasteiger partial charge in [-0.25, -0.2) is 0 Å². The molecular formula is C42H63N3O8. The Bertz CT molecular complexity index is 1440. The van der Waals surface area contributed by atoms with E-state index >= 15 is 4.79 Å². The largest absolute Gasteiger partial charge is 0.455 e. The zero-order chi connectivity index (χ0) is 39.0. The molecule has 0 aliphatic carbocycles. The fraction of sp³-hybridized carbons (Fsp3) is 0.667. The normalized spacial score (nSPS) is 24.7. The zero-order valence-electron chi connectivity index (χ0n) is 32.8. The number of nitrogens with one attached hydrogen (secondary N) is 1. The highest BCUT2D eigenvalue weighted by Crippen LogP contribution is 2.59. The Morgan fingerprint density at radius 3 is 2.42 bits per heavy atom. The van der Waals surface area contributed by atoms with Crippen molar-refractivity contribution in [2.24, 2.45) is 17.3 Å². The van der Waals surface area contributed by atoms with E-state index in [1.807, 2.05) is 49.1 Å². The van der Waals surface area contributed by atoms with Crippen LogP contribution in [0.25, 0.3) is 0 Å². The predicted molar refractivity (Wildman–Crippen MR) is 203 cm³/mol. The summed E-state index contributed by atoms with van der Waals surface area (Å²) in [6.45, 7) is 19.0. The lowest BCUT2D eigenvalue weighted by molar-refractivity contribution is -0.163. The quantitative estimate of drug-likeness (QED) is 0.0957. The molecule has 3 aliphatic heterocycles. The van der Waals surface area contributed by atoms with Gasteiger partial charge in [-0.2, -0.15) is 0 Å². The summed E-state index contributed by atoms with van der Waals surface area (Å²) < 4.78 is 18.6. The summed E-state index contributed by atoms with van der Waals surface area (Å²) in [6.07, 6.45) is 7.14. The molecule has 4 rings (SSSR count). The molecule has 1 aromatic rings. The highest BCUT2D eigenvalue weighted by atomic mass is 16.6. The fourth-order valence-electron chi connectivity index (χ4n) is 9.12. The van der Waals surface area contributed by atoms with Gasteiger partial charge in [0.2, 0.25) is 17.7 Å². The molecule has 0 unspecified atom stereocenters. The predicted octanol–water partition coefficient (Wildman–Crippen LogP) is 5.53. The molecule has 2 bridgehead atoms. The molecule has 1 aromatic carbocycles. The van der Waals surface area contributed by atoms with Gasteiger partial charge in [0.15, 0.2) is 0 Å². The smallest absolute Gasteiger partial charge is 0.313 e. The Morgan fingerprint density at radius 2 is 1.79 bits per heavy atom. The van der Waals surface area contributed by atoms with Crippen LogP contribution in [0.15, 0.2) is 55.6 Å². The van der Waals surface area contributed by atoms with Gasteiger partial charge in [-0.3, -0.25) is 19.2 Å². The Kier molecular flexibility index (Phi) is 14.5. The lowest BCUT2D eigenvalue weighted by atomic mass is 9.70. The number of nitrogens with zero attached hydrogens (tertiary/aromatic N) is 2. The first kappa shape index (κ1) is 42.2. The van der Waals surface area contributed by atoms with Gasteiger partial charge in [-0.15, -0.1) is 13.2 Å². The molecule has 3 saturated heterocycles. The summed E-state index contributed by atoms with van der Waals surface area (Å²) in [5, 5.41) is 12.3. The van der Waals surface area contributed by atoms with Gasteiger partial charge in [0.1, 0.15) is 17.7 Å². The highest BCUT2D eigenvalue weighted by Gasteiger charge is 2.75. The SMILES string of the molecule is C=CCCC(=O)N[C@@H](COC)[C@@H](OC(=O)[C@@H]1[C@H]2C(=O)N(CCCCCCO)[C@H](C(=O)N(CC=C)C(C)(C)CC(C)(C)C)[C@]23CC[C@H]1O3)c1ccccc1. The van der Waals surface area contributed by atoms with E-state index in [1.165, 1.54) is 7.11 Å². The van der Waals surface area contributed by atoms with Gasteiger partial charge in [-0.05, 0) is 63.4 Å². The Morgan fingerprint density at radius 1 is 1.09 bits per heavy atom. The number of carbonyl (C=O) groups excluding carboxylic acids is 4. The molecule has 2 N–H and O–H groups in total. The maximum absolute atomic E-state index is 15.1. The van der Waals surface area contributed by atoms with E-state index in [4.69, 9.17) is 14.2 Å². The monoisotopic (exact) mass is 737 g/mol. The molecule has 0 aromatic heterocycles. The van der Waals surface area contributed by atoms with Crippen LogP contribution < -0.4 is 5.32 Å². The summed E-state index contributed by atoms with van der Waals surface area (Å²) in [5.74, 6) is -3.15. The number of hydrogen-bond donors (Lipinski definition) is 2. The third kappa shape index (κ3) is 9.59. The topological polar surface area (TPSA) is 135 Å². The number of fused-ring (bicyclic) bond motifs is 1. The first-order chi connectivity index (χ1) is 25.2. The summed E-state index contributed by atoms with van der Waals surface area (Å²) in [6, 6.07) is 7.55. The average Bonchev–Trinajstić information content (AvgIpc) is 3.74. The molecule has 0 radical (unpaired) electrons. The number of carbonyl (C=O) groups is 4. The molecule has 7 atom stereocenters. The van der Waals surface area contributed by atoms with E-state index < -0.39 is 53.2 Å². The maximum atomic E-state index is 15.1. The number of allylic oxidation sites excluding steroid dienone is 1. The number of methoxy groups -OCH3 is 1. The van der Waals surface area contributed by atoms with E-state index in [1.54, 1.807) is 17.1 Å². The van der Waals surface area contributed by atoms with Crippen molar-refractivity contribution >= 4 is 23.7 Å². The van der Waals surface area contributed by atoms with Crippen LogP contribution in [0.1, 0.15) is 104 Å². The first-order valence-electron chi connectivity index (χ1n) is 19.3. The molecule has 1 spiro atoms. The van der Waals surface area contributed by atoms with Crippen LogP contribution in [-0.2, 0) is 33.4 Å². The minimum absolute atomic E-state index is 0.0771. The Hall–Kier alpha value is -3.54. The summed E-state index contributed by atoms with van der Waals surface area (Å²) in [7, 11) is 1.52. The second kappa shape index (κ2) is 18.2. The second-order valence-electron chi connectivity index (χ2n) is 16.7. The van der Waals surface area contributed by atoms with Gasteiger partial charge < -0.3 is 34.4 Å². The van der Waals surface area contributed by atoms with Crippen LogP contribution in [0, 0.1) is 17.3 Å². The van der Waals surface area contributed by atoms with Gasteiger partial charge in [-0.1, -0.05) is 76.1 Å². The maximum Gasteiger partial charge on any atom is 0.313 e. The second-order valence-corrected chi connectivity index (χ2v) is 16.7. The van der Waals surface area contributed by atoms with Crippen LogP contribution >= 0.6 is 0 Å². The minimum Gasteiger partial charge on any atom is -0.455 e. The summed E-state index contributed by atoms with van der Waals surface area (Å²) in [5.41, 5.74) is -1.18. The van der Waals surface area contributed by atoms with Gasteiger partial charge in [0.05, 0.1) is 30.6 Å². The average molecular weight is 738 g/mol. The van der Waals surface area contributed by atoms with Crippen molar-refractivity contribution in [2.45, 2.75) is 128 Å². The number of amides is 3. The van der Waals surface area contributed by atoms with Crippen LogP contribution in [-0.4, -0.2) is 101 Å². The number of benzene rings is 1. The number of aliphatic hydroxyl groups is 1. The molecule has 11 heteroatoms. The molecule has 3 amide bonds. The molecular weight excluding hydrogens is 674 g/mol. The summed E-state index contributed by atoms with van der Waals surface area (Å²) >= 11 is 0. The number of ether oxygens (including phenoxy) is 3. The molecule has 53 heavy (non-hydrogen) atoms. The third-order valence-corrected chi connectivity index (χ3v) is 10.9. The molecule has 3 heterocycles. The molecule has 294 valence electrons. The first-order valence-corrected chi connectivity index (χ1v) is 19.3. The van der Waals surface area contributed by atoms with E-state index in [9.17, 15) is 19.5 Å². The van der Waals surface area contributed by atoms with Crippen LogP contribution in [0.4, 0.5) is 0 Å². The Labute approximate surface area is 316 Å². The van der Waals surface area contributed by atoms with Crippen molar-refractivity contribution in [1.29, 1.82) is 0 Å². The van der Waals surface area contributed by atoms with E-state index in [0.29, 0.717) is 57.2 Å². The van der Waals surface area contributed by atoms with Gasteiger partial charge >= 0.3 is 5.97 Å². The van der Waals surface area contributed by atoms with Crippen molar-refractivity contribution in [3.63, 3.8) is 0 Å². The fourth-order valence-corrected chi connectivity index (χ4v) is 9.12. The number of aliphatic hydroxyl groups excluding tert-OH is 1.